The number of hydrogen-bond acceptors (Lipinski definition) is 3. The molecule has 1 aromatic carbocycles. The fourth-order valence-corrected chi connectivity index (χ4v) is 4.16. The molecule has 2 rings (SSSR count). The summed E-state index contributed by atoms with van der Waals surface area (Å²) < 4.78 is 26.1. The molecule has 0 radical (unpaired) electrons. The Morgan fingerprint density at radius 3 is 2.45 bits per heavy atom. The summed E-state index contributed by atoms with van der Waals surface area (Å²) in [5, 5.41) is 9.26. The van der Waals surface area contributed by atoms with Gasteiger partial charge in [0.05, 0.1) is 11.9 Å². The lowest BCUT2D eigenvalue weighted by atomic mass is 9.82. The van der Waals surface area contributed by atoms with Gasteiger partial charge in [-0.3, -0.25) is 0 Å². The molecule has 112 valence electrons. The average molecular weight is 297 g/mol. The van der Waals surface area contributed by atoms with Gasteiger partial charge in [-0.05, 0) is 30.2 Å². The van der Waals surface area contributed by atoms with E-state index in [9.17, 15) is 13.5 Å². The molecule has 0 aromatic heterocycles. The van der Waals surface area contributed by atoms with E-state index in [1.807, 2.05) is 37.3 Å². The van der Waals surface area contributed by atoms with Crippen LogP contribution in [0.3, 0.4) is 0 Å². The second-order valence-corrected chi connectivity index (χ2v) is 7.98. The van der Waals surface area contributed by atoms with E-state index in [4.69, 9.17) is 0 Å². The number of rotatable bonds is 6. The van der Waals surface area contributed by atoms with E-state index < -0.39 is 10.0 Å². The highest BCUT2D eigenvalue weighted by atomic mass is 32.2. The standard InChI is InChI=1S/C15H23NO3S/c1-12(14-6-4-3-5-7-14)11-20(18,19)16(2)10-13-8-15(17)9-13/h3-7,12-13,15,17H,8-11H2,1-2H3. The van der Waals surface area contributed by atoms with Crippen LogP contribution < -0.4 is 0 Å². The topological polar surface area (TPSA) is 57.6 Å². The van der Waals surface area contributed by atoms with Gasteiger partial charge in [0.25, 0.3) is 0 Å². The van der Waals surface area contributed by atoms with E-state index in [0.717, 1.165) is 5.56 Å². The van der Waals surface area contributed by atoms with Crippen molar-refractivity contribution in [2.75, 3.05) is 19.3 Å². The third-order valence-corrected chi connectivity index (χ3v) is 6.05. The van der Waals surface area contributed by atoms with Crippen LogP contribution in [0.4, 0.5) is 0 Å². The third-order valence-electron chi connectivity index (χ3n) is 4.03. The van der Waals surface area contributed by atoms with Gasteiger partial charge in [-0.15, -0.1) is 0 Å². The van der Waals surface area contributed by atoms with Crippen molar-refractivity contribution in [3.63, 3.8) is 0 Å². The molecular weight excluding hydrogens is 274 g/mol. The zero-order valence-corrected chi connectivity index (χ0v) is 12.9. The molecule has 1 aliphatic carbocycles. The van der Waals surface area contributed by atoms with Crippen LogP contribution in [0.2, 0.25) is 0 Å². The van der Waals surface area contributed by atoms with Gasteiger partial charge in [0.1, 0.15) is 0 Å². The number of hydrogen-bond donors (Lipinski definition) is 1. The number of aliphatic hydroxyl groups is 1. The van der Waals surface area contributed by atoms with Crippen molar-refractivity contribution in [2.24, 2.45) is 5.92 Å². The fourth-order valence-electron chi connectivity index (χ4n) is 2.65. The van der Waals surface area contributed by atoms with E-state index in [1.165, 1.54) is 4.31 Å². The van der Waals surface area contributed by atoms with Crippen molar-refractivity contribution < 1.29 is 13.5 Å². The van der Waals surface area contributed by atoms with Crippen molar-refractivity contribution in [3.8, 4) is 0 Å². The first-order chi connectivity index (χ1) is 9.38. The second-order valence-electron chi connectivity index (χ2n) is 5.86. The molecule has 4 nitrogen and oxygen atoms in total. The van der Waals surface area contributed by atoms with Crippen LogP contribution in [-0.4, -0.2) is 43.3 Å². The average Bonchev–Trinajstić information content (AvgIpc) is 2.37. The van der Waals surface area contributed by atoms with Gasteiger partial charge in [-0.1, -0.05) is 37.3 Å². The Kier molecular flexibility index (Phi) is 4.83. The molecule has 0 aliphatic heterocycles. The van der Waals surface area contributed by atoms with Crippen molar-refractivity contribution in [3.05, 3.63) is 35.9 Å². The highest BCUT2D eigenvalue weighted by Crippen LogP contribution is 2.28. The lowest BCUT2D eigenvalue weighted by Crippen LogP contribution is -2.40. The maximum absolute atomic E-state index is 12.3. The lowest BCUT2D eigenvalue weighted by molar-refractivity contribution is 0.0367. The van der Waals surface area contributed by atoms with Gasteiger partial charge < -0.3 is 5.11 Å². The molecule has 1 N–H and O–H groups in total. The molecule has 1 atom stereocenters. The quantitative estimate of drug-likeness (QED) is 0.871. The molecule has 0 heterocycles. The molecular formula is C15H23NO3S. The van der Waals surface area contributed by atoms with Crippen molar-refractivity contribution in [1.82, 2.24) is 4.31 Å². The zero-order chi connectivity index (χ0) is 14.8. The summed E-state index contributed by atoms with van der Waals surface area (Å²) in [6, 6.07) is 9.71. The summed E-state index contributed by atoms with van der Waals surface area (Å²) in [5.74, 6) is 0.412. The molecule has 0 amide bonds. The summed E-state index contributed by atoms with van der Waals surface area (Å²) in [5.41, 5.74) is 1.04. The van der Waals surface area contributed by atoms with Crippen molar-refractivity contribution in [2.45, 2.75) is 31.8 Å². The SMILES string of the molecule is CC(CS(=O)(=O)N(C)CC1CC(O)C1)c1ccccc1. The monoisotopic (exact) mass is 297 g/mol. The van der Waals surface area contributed by atoms with Crippen molar-refractivity contribution in [1.29, 1.82) is 0 Å². The van der Waals surface area contributed by atoms with Crippen LogP contribution in [0.1, 0.15) is 31.2 Å². The largest absolute Gasteiger partial charge is 0.393 e. The summed E-state index contributed by atoms with van der Waals surface area (Å²) in [6.07, 6.45) is 1.20. The van der Waals surface area contributed by atoms with E-state index >= 15 is 0 Å². The van der Waals surface area contributed by atoms with E-state index in [-0.39, 0.29) is 17.8 Å². The maximum atomic E-state index is 12.3. The minimum Gasteiger partial charge on any atom is -0.393 e. The van der Waals surface area contributed by atoms with Gasteiger partial charge in [-0.2, -0.15) is 0 Å². The lowest BCUT2D eigenvalue weighted by Gasteiger charge is -2.34. The number of benzene rings is 1. The minimum absolute atomic E-state index is 0.0179. The summed E-state index contributed by atoms with van der Waals surface area (Å²) in [7, 11) is -1.61. The van der Waals surface area contributed by atoms with Gasteiger partial charge in [0.15, 0.2) is 0 Å². The fraction of sp³-hybridized carbons (Fsp3) is 0.600. The molecule has 5 heteroatoms. The Labute approximate surface area is 121 Å². The molecule has 1 unspecified atom stereocenters. The van der Waals surface area contributed by atoms with E-state index in [0.29, 0.717) is 25.3 Å². The molecule has 0 saturated heterocycles. The van der Waals surface area contributed by atoms with Crippen LogP contribution in [-0.2, 0) is 10.0 Å². The van der Waals surface area contributed by atoms with E-state index in [2.05, 4.69) is 0 Å². The van der Waals surface area contributed by atoms with Gasteiger partial charge in [0, 0.05) is 13.6 Å². The molecule has 1 aliphatic rings. The molecule has 1 saturated carbocycles. The number of sulfonamides is 1. The number of nitrogens with zero attached hydrogens (tertiary/aromatic N) is 1. The summed E-state index contributed by atoms with van der Waals surface area (Å²) >= 11 is 0. The summed E-state index contributed by atoms with van der Waals surface area (Å²) in [4.78, 5) is 0. The Balaban J connectivity index is 1.93. The Morgan fingerprint density at radius 1 is 1.30 bits per heavy atom. The smallest absolute Gasteiger partial charge is 0.214 e. The second kappa shape index (κ2) is 6.24. The molecule has 0 spiro atoms. The summed E-state index contributed by atoms with van der Waals surface area (Å²) in [6.45, 7) is 2.45. The molecule has 1 fully saturated rings. The molecule has 0 bridgehead atoms. The van der Waals surface area contributed by atoms with Gasteiger partial charge in [0.2, 0.25) is 10.0 Å². The van der Waals surface area contributed by atoms with Crippen LogP contribution in [0.5, 0.6) is 0 Å². The first-order valence-corrected chi connectivity index (χ1v) is 8.66. The first-order valence-electron chi connectivity index (χ1n) is 7.05. The van der Waals surface area contributed by atoms with Crippen LogP contribution in [0.25, 0.3) is 0 Å². The number of aliphatic hydroxyl groups excluding tert-OH is 1. The van der Waals surface area contributed by atoms with Crippen molar-refractivity contribution >= 4 is 10.0 Å². The highest BCUT2D eigenvalue weighted by molar-refractivity contribution is 7.89. The Morgan fingerprint density at radius 2 is 1.90 bits per heavy atom. The molecule has 20 heavy (non-hydrogen) atoms. The van der Waals surface area contributed by atoms with Crippen LogP contribution >= 0.6 is 0 Å². The minimum atomic E-state index is -3.24. The maximum Gasteiger partial charge on any atom is 0.214 e. The van der Waals surface area contributed by atoms with Gasteiger partial charge in [-0.25, -0.2) is 12.7 Å². The van der Waals surface area contributed by atoms with Crippen LogP contribution in [0.15, 0.2) is 30.3 Å². The van der Waals surface area contributed by atoms with Gasteiger partial charge >= 0.3 is 0 Å². The Hall–Kier alpha value is -0.910. The Bertz CT molecular complexity index is 523. The van der Waals surface area contributed by atoms with Crippen LogP contribution in [0, 0.1) is 5.92 Å². The predicted octanol–water partition coefficient (Wildman–Crippen LogP) is 1.82. The highest BCUT2D eigenvalue weighted by Gasteiger charge is 2.31. The first kappa shape index (κ1) is 15.5. The van der Waals surface area contributed by atoms with E-state index in [1.54, 1.807) is 7.05 Å². The zero-order valence-electron chi connectivity index (χ0n) is 12.1. The third kappa shape index (κ3) is 3.81. The normalized spacial score (nSPS) is 24.4. The predicted molar refractivity (Wildman–Crippen MR) is 80.0 cm³/mol. The molecule has 1 aromatic rings.